The highest BCUT2D eigenvalue weighted by atomic mass is 79.9. The second kappa shape index (κ2) is 15.2. The van der Waals surface area contributed by atoms with Gasteiger partial charge in [0.25, 0.3) is 0 Å². The smallest absolute Gasteiger partial charge is 0.0205 e. The molecule has 0 radical (unpaired) electrons. The van der Waals surface area contributed by atoms with Gasteiger partial charge >= 0.3 is 0 Å². The maximum atomic E-state index is 5.35. The first-order chi connectivity index (χ1) is 10.3. The van der Waals surface area contributed by atoms with Crippen molar-refractivity contribution in [2.75, 3.05) is 11.9 Å². The summed E-state index contributed by atoms with van der Waals surface area (Å²) in [6, 6.07) is 20.4. The lowest BCUT2D eigenvalue weighted by Crippen LogP contribution is -2.11. The number of halogens is 1. The Morgan fingerprint density at radius 2 is 1.29 bits per heavy atom. The summed E-state index contributed by atoms with van der Waals surface area (Å²) in [5.41, 5.74) is 7.89. The van der Waals surface area contributed by atoms with E-state index in [9.17, 15) is 0 Å². The van der Waals surface area contributed by atoms with Crippen molar-refractivity contribution < 1.29 is 0 Å². The number of benzene rings is 2. The van der Waals surface area contributed by atoms with E-state index < -0.39 is 0 Å². The maximum absolute atomic E-state index is 5.35. The molecular weight excluding hydrogens is 324 g/mol. The minimum absolute atomic E-state index is 0.640. The van der Waals surface area contributed by atoms with E-state index in [1.807, 2.05) is 43.3 Å². The summed E-state index contributed by atoms with van der Waals surface area (Å²) < 4.78 is 0. The topological polar surface area (TPSA) is 38.0 Å². The van der Waals surface area contributed by atoms with E-state index >= 15 is 0 Å². The Morgan fingerprint density at radius 1 is 0.857 bits per heavy atom. The van der Waals surface area contributed by atoms with Crippen LogP contribution in [0.4, 0.5) is 0 Å². The summed E-state index contributed by atoms with van der Waals surface area (Å²) >= 11 is 3.15. The van der Waals surface area contributed by atoms with E-state index in [2.05, 4.69) is 52.4 Å². The molecule has 0 amide bonds. The molecule has 0 saturated carbocycles. The van der Waals surface area contributed by atoms with Gasteiger partial charge in [-0.25, -0.2) is 0 Å². The lowest BCUT2D eigenvalue weighted by atomic mass is 10.2. The van der Waals surface area contributed by atoms with Crippen molar-refractivity contribution in [3.63, 3.8) is 0 Å². The molecular formula is C18H27BrN2. The molecule has 2 nitrogen and oxygen atoms in total. The first-order valence-corrected chi connectivity index (χ1v) is 8.45. The molecule has 2 aromatic rings. The molecule has 2 aromatic carbocycles. The average molecular weight is 351 g/mol. The minimum atomic E-state index is 0.640. The molecule has 3 heteroatoms. The standard InChI is InChI=1S/C9H13N.C7H9N.C2H5Br/c1-2-10-8-9-6-4-3-5-7-9;8-6-7-4-2-1-3-5-7;1-2-3/h3-7,10H,2,8H2,1H3;1-5H,6,8H2;2H2,1H3. The number of hydrogen-bond donors (Lipinski definition) is 2. The van der Waals surface area contributed by atoms with Crippen molar-refractivity contribution in [3.8, 4) is 0 Å². The minimum Gasteiger partial charge on any atom is -0.326 e. The molecule has 116 valence electrons. The molecule has 0 unspecified atom stereocenters. The SMILES string of the molecule is CCBr.CCNCc1ccccc1.NCc1ccccc1. The van der Waals surface area contributed by atoms with Gasteiger partial charge in [-0.1, -0.05) is 90.4 Å². The number of nitrogens with two attached hydrogens (primary N) is 1. The zero-order valence-electron chi connectivity index (χ0n) is 13.1. The highest BCUT2D eigenvalue weighted by Gasteiger charge is 1.85. The van der Waals surface area contributed by atoms with Crippen LogP contribution < -0.4 is 11.1 Å². The van der Waals surface area contributed by atoms with Crippen molar-refractivity contribution in [2.24, 2.45) is 5.73 Å². The number of alkyl halides is 1. The Kier molecular flexibility index (Phi) is 14.4. The summed E-state index contributed by atoms with van der Waals surface area (Å²) in [5.74, 6) is 0. The van der Waals surface area contributed by atoms with Crippen LogP contribution in [0.2, 0.25) is 0 Å². The predicted octanol–water partition coefficient (Wildman–Crippen LogP) is 4.34. The van der Waals surface area contributed by atoms with Gasteiger partial charge in [0, 0.05) is 18.4 Å². The fraction of sp³-hybridized carbons (Fsp3) is 0.333. The fourth-order valence-corrected chi connectivity index (χ4v) is 1.48. The second-order valence-corrected chi connectivity index (χ2v) is 5.34. The first kappa shape index (κ1) is 19.8. The van der Waals surface area contributed by atoms with E-state index in [4.69, 9.17) is 5.73 Å². The second-order valence-electron chi connectivity index (χ2n) is 4.22. The van der Waals surface area contributed by atoms with Gasteiger partial charge in [0.15, 0.2) is 0 Å². The van der Waals surface area contributed by atoms with Gasteiger partial charge in [0.1, 0.15) is 0 Å². The summed E-state index contributed by atoms with van der Waals surface area (Å²) in [5, 5.41) is 4.33. The van der Waals surface area contributed by atoms with Crippen LogP contribution in [0.15, 0.2) is 60.7 Å². The predicted molar refractivity (Wildman–Crippen MR) is 97.6 cm³/mol. The Morgan fingerprint density at radius 3 is 1.62 bits per heavy atom. The van der Waals surface area contributed by atoms with Crippen LogP contribution in [-0.2, 0) is 13.1 Å². The molecule has 0 fully saturated rings. The Balaban J connectivity index is 0.000000327. The molecule has 0 aliphatic heterocycles. The summed E-state index contributed by atoms with van der Waals surface area (Å²) in [4.78, 5) is 0. The summed E-state index contributed by atoms with van der Waals surface area (Å²) in [6.07, 6.45) is 0. The van der Waals surface area contributed by atoms with Gasteiger partial charge in [0.2, 0.25) is 0 Å². The molecule has 3 N–H and O–H groups in total. The van der Waals surface area contributed by atoms with Crippen molar-refractivity contribution in [1.82, 2.24) is 5.32 Å². The van der Waals surface area contributed by atoms with Crippen LogP contribution in [0, 0.1) is 0 Å². The highest BCUT2D eigenvalue weighted by molar-refractivity contribution is 9.09. The van der Waals surface area contributed by atoms with Gasteiger partial charge in [0.05, 0.1) is 0 Å². The molecule has 0 spiro atoms. The molecule has 0 aliphatic carbocycles. The van der Waals surface area contributed by atoms with Gasteiger partial charge < -0.3 is 11.1 Å². The van der Waals surface area contributed by atoms with Crippen molar-refractivity contribution >= 4 is 15.9 Å². The monoisotopic (exact) mass is 350 g/mol. The molecule has 0 saturated heterocycles. The van der Waals surface area contributed by atoms with Gasteiger partial charge in [-0.3, -0.25) is 0 Å². The highest BCUT2D eigenvalue weighted by Crippen LogP contribution is 1.96. The van der Waals surface area contributed by atoms with Crippen LogP contribution in [0.1, 0.15) is 25.0 Å². The molecule has 0 atom stereocenters. The quantitative estimate of drug-likeness (QED) is 0.804. The normalized spacial score (nSPS) is 8.95. The third kappa shape index (κ3) is 12.3. The number of rotatable bonds is 4. The lowest BCUT2D eigenvalue weighted by Gasteiger charge is -1.99. The molecule has 21 heavy (non-hydrogen) atoms. The molecule has 0 heterocycles. The fourth-order valence-electron chi connectivity index (χ4n) is 1.48. The van der Waals surface area contributed by atoms with Crippen LogP contribution in [-0.4, -0.2) is 11.9 Å². The Labute approximate surface area is 137 Å². The molecule has 0 aromatic heterocycles. The van der Waals surface area contributed by atoms with E-state index in [1.165, 1.54) is 11.1 Å². The third-order valence-electron chi connectivity index (χ3n) is 2.50. The number of hydrogen-bond acceptors (Lipinski definition) is 2. The molecule has 2 rings (SSSR count). The summed E-state index contributed by atoms with van der Waals surface area (Å²) in [6.45, 7) is 6.82. The van der Waals surface area contributed by atoms with Crippen LogP contribution in [0.5, 0.6) is 0 Å². The Bertz CT molecular complexity index is 418. The largest absolute Gasteiger partial charge is 0.326 e. The first-order valence-electron chi connectivity index (χ1n) is 7.33. The molecule has 0 bridgehead atoms. The lowest BCUT2D eigenvalue weighted by molar-refractivity contribution is 0.727. The van der Waals surface area contributed by atoms with E-state index in [1.54, 1.807) is 0 Å². The van der Waals surface area contributed by atoms with Crippen LogP contribution in [0.3, 0.4) is 0 Å². The zero-order valence-corrected chi connectivity index (χ0v) is 14.6. The van der Waals surface area contributed by atoms with Crippen molar-refractivity contribution in [1.29, 1.82) is 0 Å². The zero-order chi connectivity index (χ0) is 15.8. The van der Waals surface area contributed by atoms with Crippen molar-refractivity contribution in [2.45, 2.75) is 26.9 Å². The van der Waals surface area contributed by atoms with Crippen LogP contribution in [0.25, 0.3) is 0 Å². The van der Waals surface area contributed by atoms with Gasteiger partial charge in [-0.05, 0) is 17.7 Å². The van der Waals surface area contributed by atoms with E-state index in [0.717, 1.165) is 18.4 Å². The van der Waals surface area contributed by atoms with Crippen molar-refractivity contribution in [3.05, 3.63) is 71.8 Å². The molecule has 0 aliphatic rings. The third-order valence-corrected chi connectivity index (χ3v) is 2.50. The average Bonchev–Trinajstić information content (AvgIpc) is 2.56. The Hall–Kier alpha value is -1.16. The van der Waals surface area contributed by atoms with E-state index in [-0.39, 0.29) is 0 Å². The van der Waals surface area contributed by atoms with Gasteiger partial charge in [-0.2, -0.15) is 0 Å². The van der Waals surface area contributed by atoms with Gasteiger partial charge in [-0.15, -0.1) is 0 Å². The number of nitrogens with one attached hydrogen (secondary N) is 1. The van der Waals surface area contributed by atoms with E-state index in [0.29, 0.717) is 6.54 Å². The summed E-state index contributed by atoms with van der Waals surface area (Å²) in [7, 11) is 0. The maximum Gasteiger partial charge on any atom is 0.0205 e. The van der Waals surface area contributed by atoms with Crippen LogP contribution >= 0.6 is 15.9 Å².